The fourth-order valence-corrected chi connectivity index (χ4v) is 3.87. The van der Waals surface area contributed by atoms with Crippen molar-refractivity contribution in [1.29, 1.82) is 0 Å². The third-order valence-corrected chi connectivity index (χ3v) is 4.91. The summed E-state index contributed by atoms with van der Waals surface area (Å²) in [7, 11) is 0. The zero-order valence-corrected chi connectivity index (χ0v) is 14.1. The van der Waals surface area contributed by atoms with Crippen LogP contribution in [0.4, 0.5) is 0 Å². The minimum Gasteiger partial charge on any atom is -0.452 e. The smallest absolute Gasteiger partial charge is 0.338 e. The van der Waals surface area contributed by atoms with Crippen LogP contribution < -0.4 is 0 Å². The lowest BCUT2D eigenvalue weighted by Gasteiger charge is -2.34. The lowest BCUT2D eigenvalue weighted by Crippen LogP contribution is -2.44. The molecule has 2 heterocycles. The Morgan fingerprint density at radius 1 is 1.30 bits per heavy atom. The average molecular weight is 332 g/mol. The van der Waals surface area contributed by atoms with Gasteiger partial charge in [-0.1, -0.05) is 13.8 Å². The van der Waals surface area contributed by atoms with Crippen LogP contribution >= 0.6 is 11.3 Å². The molecule has 0 aliphatic carbocycles. The van der Waals surface area contributed by atoms with E-state index in [0.717, 1.165) is 29.7 Å². The minimum absolute atomic E-state index is 0.115. The number of esters is 1. The largest absolute Gasteiger partial charge is 0.452 e. The van der Waals surface area contributed by atoms with E-state index in [0.29, 0.717) is 17.4 Å². The maximum Gasteiger partial charge on any atom is 0.338 e. The Morgan fingerprint density at radius 2 is 2.04 bits per heavy atom. The number of amides is 1. The van der Waals surface area contributed by atoms with Gasteiger partial charge in [-0.15, -0.1) is 11.3 Å². The number of nitrogens with zero attached hydrogens (tertiary/aromatic N) is 2. The van der Waals surface area contributed by atoms with Gasteiger partial charge in [0.15, 0.2) is 6.61 Å². The first kappa shape index (κ1) is 15.9. The number of carbonyl (C=O) groups excluding carboxylic acids is 2. The summed E-state index contributed by atoms with van der Waals surface area (Å²) in [4.78, 5) is 30.3. The number of ether oxygens (including phenoxy) is 1. The monoisotopic (exact) mass is 332 g/mol. The summed E-state index contributed by atoms with van der Waals surface area (Å²) >= 11 is 1.47. The molecule has 1 aliphatic rings. The highest BCUT2D eigenvalue weighted by Gasteiger charge is 2.26. The molecular weight excluding hydrogens is 312 g/mol. The van der Waals surface area contributed by atoms with E-state index in [1.54, 1.807) is 28.6 Å². The molecule has 5 nitrogen and oxygen atoms in total. The van der Waals surface area contributed by atoms with E-state index < -0.39 is 5.97 Å². The van der Waals surface area contributed by atoms with Crippen LogP contribution in [-0.2, 0) is 9.53 Å². The molecule has 0 bridgehead atoms. The predicted octanol–water partition coefficient (Wildman–Crippen LogP) is 2.96. The molecule has 0 spiro atoms. The Balaban J connectivity index is 1.58. The lowest BCUT2D eigenvalue weighted by atomic mass is 9.92. The van der Waals surface area contributed by atoms with Gasteiger partial charge in [0.25, 0.3) is 5.91 Å². The first-order chi connectivity index (χ1) is 11.0. The molecule has 6 heteroatoms. The lowest BCUT2D eigenvalue weighted by molar-refractivity contribution is -0.137. The molecule has 0 radical (unpaired) electrons. The van der Waals surface area contributed by atoms with Crippen molar-refractivity contribution in [3.05, 3.63) is 29.3 Å². The van der Waals surface area contributed by atoms with E-state index in [-0.39, 0.29) is 12.5 Å². The molecule has 23 heavy (non-hydrogen) atoms. The molecule has 122 valence electrons. The molecule has 0 saturated carbocycles. The van der Waals surface area contributed by atoms with Gasteiger partial charge in [-0.3, -0.25) is 4.79 Å². The average Bonchev–Trinajstić information content (AvgIpc) is 2.98. The van der Waals surface area contributed by atoms with Gasteiger partial charge in [0.2, 0.25) is 0 Å². The molecule has 2 unspecified atom stereocenters. The van der Waals surface area contributed by atoms with E-state index in [9.17, 15) is 9.59 Å². The van der Waals surface area contributed by atoms with Crippen LogP contribution in [0.3, 0.4) is 0 Å². The quantitative estimate of drug-likeness (QED) is 0.811. The van der Waals surface area contributed by atoms with Gasteiger partial charge in [0.05, 0.1) is 21.3 Å². The third kappa shape index (κ3) is 3.69. The molecule has 2 atom stereocenters. The second-order valence-electron chi connectivity index (χ2n) is 6.36. The number of carbonyl (C=O) groups is 2. The van der Waals surface area contributed by atoms with Crippen molar-refractivity contribution in [1.82, 2.24) is 9.88 Å². The normalized spacial score (nSPS) is 21.4. The number of rotatable bonds is 3. The minimum atomic E-state index is -0.466. The van der Waals surface area contributed by atoms with Gasteiger partial charge in [-0.05, 0) is 36.5 Å². The second kappa shape index (κ2) is 6.66. The van der Waals surface area contributed by atoms with Gasteiger partial charge in [0, 0.05) is 13.1 Å². The maximum absolute atomic E-state index is 12.2. The highest BCUT2D eigenvalue weighted by Crippen LogP contribution is 2.21. The first-order valence-electron chi connectivity index (χ1n) is 7.81. The second-order valence-corrected chi connectivity index (χ2v) is 7.24. The summed E-state index contributed by atoms with van der Waals surface area (Å²) in [5, 5.41) is 0. The van der Waals surface area contributed by atoms with E-state index in [1.165, 1.54) is 11.3 Å². The summed E-state index contributed by atoms with van der Waals surface area (Å²) < 4.78 is 6.13. The van der Waals surface area contributed by atoms with Gasteiger partial charge in [-0.2, -0.15) is 0 Å². The van der Waals surface area contributed by atoms with Crippen molar-refractivity contribution < 1.29 is 14.3 Å². The Hall–Kier alpha value is -1.95. The summed E-state index contributed by atoms with van der Waals surface area (Å²) in [6.45, 7) is 5.58. The number of thiazole rings is 1. The highest BCUT2D eigenvalue weighted by atomic mass is 32.1. The molecular formula is C17H20N2O3S. The SMILES string of the molecule is CC1CC(C)CN(C(=O)COC(=O)c2ccc3ncsc3c2)C1. The number of likely N-dealkylation sites (tertiary alicyclic amines) is 1. The molecule has 1 aromatic heterocycles. The van der Waals surface area contributed by atoms with Crippen molar-refractivity contribution in [2.45, 2.75) is 20.3 Å². The zero-order valence-electron chi connectivity index (χ0n) is 13.3. The Labute approximate surface area is 139 Å². The zero-order chi connectivity index (χ0) is 16.4. The van der Waals surface area contributed by atoms with Crippen LogP contribution in [0.25, 0.3) is 10.2 Å². The fourth-order valence-electron chi connectivity index (χ4n) is 3.15. The molecule has 1 saturated heterocycles. The van der Waals surface area contributed by atoms with E-state index in [1.807, 2.05) is 0 Å². The molecule has 1 aliphatic heterocycles. The van der Waals surface area contributed by atoms with E-state index in [4.69, 9.17) is 4.74 Å². The molecule has 0 N–H and O–H groups in total. The van der Waals surface area contributed by atoms with Crippen molar-refractivity contribution >= 4 is 33.4 Å². The standard InChI is InChI=1S/C17H20N2O3S/c1-11-5-12(2)8-19(7-11)16(20)9-22-17(21)13-3-4-14-15(6-13)23-10-18-14/h3-4,6,10-12H,5,7-9H2,1-2H3. The Bertz CT molecular complexity index is 717. The first-order valence-corrected chi connectivity index (χ1v) is 8.69. The fraction of sp³-hybridized carbons (Fsp3) is 0.471. The number of aromatic nitrogens is 1. The Kier molecular flexibility index (Phi) is 4.61. The number of piperidine rings is 1. The number of hydrogen-bond donors (Lipinski definition) is 0. The van der Waals surface area contributed by atoms with Gasteiger partial charge in [0.1, 0.15) is 0 Å². The van der Waals surface area contributed by atoms with Gasteiger partial charge < -0.3 is 9.64 Å². The van der Waals surface area contributed by atoms with Crippen LogP contribution in [0, 0.1) is 11.8 Å². The topological polar surface area (TPSA) is 59.5 Å². The Morgan fingerprint density at radius 3 is 2.78 bits per heavy atom. The molecule has 1 amide bonds. The molecule has 2 aromatic rings. The summed E-state index contributed by atoms with van der Waals surface area (Å²) in [6, 6.07) is 5.23. The van der Waals surface area contributed by atoms with Crippen LogP contribution in [0.1, 0.15) is 30.6 Å². The highest BCUT2D eigenvalue weighted by molar-refractivity contribution is 7.16. The van der Waals surface area contributed by atoms with Crippen molar-refractivity contribution in [2.24, 2.45) is 11.8 Å². The summed E-state index contributed by atoms with van der Waals surface area (Å²) in [5.41, 5.74) is 3.05. The summed E-state index contributed by atoms with van der Waals surface area (Å²) in [5.74, 6) is 0.404. The third-order valence-electron chi connectivity index (χ3n) is 4.12. The van der Waals surface area contributed by atoms with Gasteiger partial charge in [-0.25, -0.2) is 9.78 Å². The molecule has 3 rings (SSSR count). The van der Waals surface area contributed by atoms with Crippen LogP contribution in [-0.4, -0.2) is 41.5 Å². The number of hydrogen-bond acceptors (Lipinski definition) is 5. The maximum atomic E-state index is 12.2. The number of fused-ring (bicyclic) bond motifs is 1. The van der Waals surface area contributed by atoms with Crippen LogP contribution in [0.5, 0.6) is 0 Å². The van der Waals surface area contributed by atoms with Crippen LogP contribution in [0.15, 0.2) is 23.7 Å². The van der Waals surface area contributed by atoms with Crippen molar-refractivity contribution in [2.75, 3.05) is 19.7 Å². The van der Waals surface area contributed by atoms with Crippen molar-refractivity contribution in [3.63, 3.8) is 0 Å². The predicted molar refractivity (Wildman–Crippen MR) is 89.4 cm³/mol. The van der Waals surface area contributed by atoms with Crippen LogP contribution in [0.2, 0.25) is 0 Å². The summed E-state index contributed by atoms with van der Waals surface area (Å²) in [6.07, 6.45) is 1.14. The molecule has 1 fully saturated rings. The van der Waals surface area contributed by atoms with Gasteiger partial charge >= 0.3 is 5.97 Å². The van der Waals surface area contributed by atoms with E-state index >= 15 is 0 Å². The van der Waals surface area contributed by atoms with Crippen molar-refractivity contribution in [3.8, 4) is 0 Å². The number of benzene rings is 1. The van der Waals surface area contributed by atoms with E-state index in [2.05, 4.69) is 18.8 Å². The molecule has 1 aromatic carbocycles.